The van der Waals surface area contributed by atoms with E-state index in [4.69, 9.17) is 0 Å². The molecule has 1 aromatic rings. The van der Waals surface area contributed by atoms with Gasteiger partial charge in [0, 0.05) is 37.6 Å². The fraction of sp³-hybridized carbons (Fsp3) is 0.571. The number of nitrogens with zero attached hydrogens (tertiary/aromatic N) is 2. The molecule has 1 aromatic carbocycles. The van der Waals surface area contributed by atoms with Crippen LogP contribution in [0.3, 0.4) is 0 Å². The average Bonchev–Trinajstić information content (AvgIpc) is 2.33. The van der Waals surface area contributed by atoms with Crippen molar-refractivity contribution in [3.63, 3.8) is 0 Å². The predicted octanol–water partition coefficient (Wildman–Crippen LogP) is 3.18. The molecule has 0 spiro atoms. The Morgan fingerprint density at radius 3 is 1.50 bits per heavy atom. The van der Waals surface area contributed by atoms with Crippen molar-refractivity contribution >= 4 is 11.4 Å². The molecule has 89 valence electrons. The van der Waals surface area contributed by atoms with Gasteiger partial charge in [0.25, 0.3) is 0 Å². The fourth-order valence-corrected chi connectivity index (χ4v) is 1.99. The lowest BCUT2D eigenvalue weighted by Gasteiger charge is -2.25. The summed E-state index contributed by atoms with van der Waals surface area (Å²) in [5.74, 6) is 0. The monoisotopic (exact) mass is 219 g/mol. The van der Waals surface area contributed by atoms with Gasteiger partial charge in [-0.3, -0.25) is 0 Å². The van der Waals surface area contributed by atoms with Crippen LogP contribution in [0.1, 0.15) is 27.7 Å². The van der Waals surface area contributed by atoms with Crippen molar-refractivity contribution in [3.8, 4) is 0 Å². The van der Waals surface area contributed by atoms with Crippen LogP contribution in [0.25, 0.3) is 0 Å². The first-order chi connectivity index (χ1) is 7.76. The summed E-state index contributed by atoms with van der Waals surface area (Å²) in [6, 6.07) is 9.64. The first-order valence-electron chi connectivity index (χ1n) is 6.27. The SMILES string of the molecule is CCN(CC)c1c[c]cc(N(CC)CC)c1. The maximum atomic E-state index is 3.24. The van der Waals surface area contributed by atoms with Crippen molar-refractivity contribution in [1.29, 1.82) is 0 Å². The van der Waals surface area contributed by atoms with Crippen molar-refractivity contribution in [3.05, 3.63) is 24.3 Å². The molecule has 0 saturated heterocycles. The second-order valence-electron chi connectivity index (χ2n) is 3.79. The molecule has 0 amide bonds. The maximum absolute atomic E-state index is 3.24. The smallest absolute Gasteiger partial charge is 0.0393 e. The van der Waals surface area contributed by atoms with Crippen molar-refractivity contribution < 1.29 is 0 Å². The molecule has 0 unspecified atom stereocenters. The third kappa shape index (κ3) is 2.91. The highest BCUT2D eigenvalue weighted by Crippen LogP contribution is 2.21. The molecule has 0 saturated carbocycles. The second kappa shape index (κ2) is 6.41. The molecular formula is C14H23N2. The second-order valence-corrected chi connectivity index (χ2v) is 3.79. The zero-order valence-electron chi connectivity index (χ0n) is 11.0. The fourth-order valence-electron chi connectivity index (χ4n) is 1.99. The maximum Gasteiger partial charge on any atom is 0.0393 e. The Morgan fingerprint density at radius 2 is 1.19 bits per heavy atom. The molecule has 0 atom stereocenters. The van der Waals surface area contributed by atoms with Gasteiger partial charge in [-0.2, -0.15) is 0 Å². The minimum Gasteiger partial charge on any atom is -0.372 e. The molecule has 16 heavy (non-hydrogen) atoms. The summed E-state index contributed by atoms with van der Waals surface area (Å²) in [5.41, 5.74) is 2.55. The number of hydrogen-bond donors (Lipinski definition) is 0. The number of hydrogen-bond acceptors (Lipinski definition) is 2. The van der Waals surface area contributed by atoms with Gasteiger partial charge in [-0.1, -0.05) is 0 Å². The Morgan fingerprint density at radius 1 is 0.812 bits per heavy atom. The van der Waals surface area contributed by atoms with Crippen LogP contribution in [0.5, 0.6) is 0 Å². The van der Waals surface area contributed by atoms with Crippen LogP contribution in [-0.4, -0.2) is 26.2 Å². The molecule has 2 nitrogen and oxygen atoms in total. The van der Waals surface area contributed by atoms with Gasteiger partial charge in [0.2, 0.25) is 0 Å². The first-order valence-corrected chi connectivity index (χ1v) is 6.27. The van der Waals surface area contributed by atoms with E-state index in [1.165, 1.54) is 11.4 Å². The third-order valence-electron chi connectivity index (χ3n) is 3.02. The minimum atomic E-state index is 1.05. The Kier molecular flexibility index (Phi) is 5.17. The zero-order chi connectivity index (χ0) is 12.0. The first kappa shape index (κ1) is 12.9. The molecule has 0 bridgehead atoms. The summed E-state index contributed by atoms with van der Waals surface area (Å²) >= 11 is 0. The van der Waals surface area contributed by atoms with Gasteiger partial charge < -0.3 is 9.80 Å². The van der Waals surface area contributed by atoms with Crippen molar-refractivity contribution in [1.82, 2.24) is 0 Å². The lowest BCUT2D eigenvalue weighted by atomic mass is 10.2. The quantitative estimate of drug-likeness (QED) is 0.725. The molecule has 0 aromatic heterocycles. The van der Waals surface area contributed by atoms with Crippen LogP contribution < -0.4 is 9.80 Å². The lowest BCUT2D eigenvalue weighted by molar-refractivity contribution is 0.851. The molecular weight excluding hydrogens is 196 g/mol. The van der Waals surface area contributed by atoms with Crippen molar-refractivity contribution in [2.75, 3.05) is 36.0 Å². The lowest BCUT2D eigenvalue weighted by Crippen LogP contribution is -2.24. The molecule has 0 aliphatic rings. The van der Waals surface area contributed by atoms with Crippen LogP contribution in [-0.2, 0) is 0 Å². The number of rotatable bonds is 6. The van der Waals surface area contributed by atoms with E-state index in [-0.39, 0.29) is 0 Å². The number of anilines is 2. The Balaban J connectivity index is 2.93. The summed E-state index contributed by atoms with van der Waals surface area (Å²) < 4.78 is 0. The third-order valence-corrected chi connectivity index (χ3v) is 3.02. The minimum absolute atomic E-state index is 1.05. The Bertz CT molecular complexity index is 274. The summed E-state index contributed by atoms with van der Waals surface area (Å²) in [6.07, 6.45) is 0. The van der Waals surface area contributed by atoms with Crippen LogP contribution in [0.4, 0.5) is 11.4 Å². The van der Waals surface area contributed by atoms with E-state index >= 15 is 0 Å². The normalized spacial score (nSPS) is 10.2. The highest BCUT2D eigenvalue weighted by atomic mass is 15.1. The van der Waals surface area contributed by atoms with Crippen molar-refractivity contribution in [2.24, 2.45) is 0 Å². The molecule has 0 fully saturated rings. The standard InChI is InChI=1S/C14H23N2/c1-5-15(6-2)13-10-9-11-14(12-13)16(7-3)8-4/h10-12H,5-8H2,1-4H3. The van der Waals surface area contributed by atoms with Gasteiger partial charge in [0.15, 0.2) is 0 Å². The van der Waals surface area contributed by atoms with E-state index in [1.807, 2.05) is 0 Å². The molecule has 0 aliphatic carbocycles. The van der Waals surface area contributed by atoms with E-state index in [1.54, 1.807) is 0 Å². The highest BCUT2D eigenvalue weighted by Gasteiger charge is 2.05. The molecule has 1 radical (unpaired) electrons. The molecule has 1 rings (SSSR count). The Labute approximate surface area is 99.9 Å². The van der Waals surface area contributed by atoms with Crippen LogP contribution in [0, 0.1) is 6.07 Å². The van der Waals surface area contributed by atoms with Crippen molar-refractivity contribution in [2.45, 2.75) is 27.7 Å². The molecule has 0 N–H and O–H groups in total. The van der Waals surface area contributed by atoms with E-state index in [2.05, 4.69) is 61.8 Å². The highest BCUT2D eigenvalue weighted by molar-refractivity contribution is 5.58. The van der Waals surface area contributed by atoms with Crippen LogP contribution in [0.15, 0.2) is 18.2 Å². The van der Waals surface area contributed by atoms with E-state index in [0.29, 0.717) is 0 Å². The van der Waals surface area contributed by atoms with E-state index in [9.17, 15) is 0 Å². The largest absolute Gasteiger partial charge is 0.372 e. The summed E-state index contributed by atoms with van der Waals surface area (Å²) in [7, 11) is 0. The average molecular weight is 219 g/mol. The van der Waals surface area contributed by atoms with Gasteiger partial charge in [-0.05, 0) is 52.0 Å². The van der Waals surface area contributed by atoms with Crippen LogP contribution >= 0.6 is 0 Å². The van der Waals surface area contributed by atoms with Gasteiger partial charge in [-0.15, -0.1) is 0 Å². The topological polar surface area (TPSA) is 6.48 Å². The summed E-state index contributed by atoms with van der Waals surface area (Å²) in [6.45, 7) is 12.9. The predicted molar refractivity (Wildman–Crippen MR) is 72.4 cm³/mol. The molecule has 0 heterocycles. The van der Waals surface area contributed by atoms with Gasteiger partial charge in [-0.25, -0.2) is 0 Å². The van der Waals surface area contributed by atoms with Gasteiger partial charge in [0.05, 0.1) is 0 Å². The summed E-state index contributed by atoms with van der Waals surface area (Å²) in [5, 5.41) is 0. The zero-order valence-corrected chi connectivity index (χ0v) is 11.0. The summed E-state index contributed by atoms with van der Waals surface area (Å²) in [4.78, 5) is 4.70. The Hall–Kier alpha value is -1.18. The molecule has 2 heteroatoms. The van der Waals surface area contributed by atoms with Gasteiger partial charge in [0.1, 0.15) is 0 Å². The van der Waals surface area contributed by atoms with E-state index < -0.39 is 0 Å². The van der Waals surface area contributed by atoms with Crippen LogP contribution in [0.2, 0.25) is 0 Å². The van der Waals surface area contributed by atoms with Gasteiger partial charge >= 0.3 is 0 Å². The number of benzene rings is 1. The van der Waals surface area contributed by atoms with E-state index in [0.717, 1.165) is 26.2 Å². The molecule has 0 aliphatic heterocycles.